The molecule has 0 saturated heterocycles. The summed E-state index contributed by atoms with van der Waals surface area (Å²) in [4.78, 5) is 15.8. The van der Waals surface area contributed by atoms with Crippen LogP contribution in [0.5, 0.6) is 0 Å². The van der Waals surface area contributed by atoms with Gasteiger partial charge in [0.05, 0.1) is 5.52 Å². The fourth-order valence-corrected chi connectivity index (χ4v) is 1.85. The number of para-hydroxylation sites is 1. The first-order valence-electron chi connectivity index (χ1n) is 5.94. The molecule has 0 aliphatic carbocycles. The number of ketones is 1. The molecule has 106 valence electrons. The van der Waals surface area contributed by atoms with Gasteiger partial charge in [-0.25, -0.2) is 0 Å². The number of hydrogen-bond acceptors (Lipinski definition) is 3. The van der Waals surface area contributed by atoms with Gasteiger partial charge in [0.25, 0.3) is 0 Å². The number of ether oxygens (including phenoxy) is 1. The van der Waals surface area contributed by atoms with Crippen LogP contribution in [0.4, 0.5) is 13.2 Å². The third-order valence-electron chi connectivity index (χ3n) is 2.66. The van der Waals surface area contributed by atoms with Crippen LogP contribution in [-0.4, -0.2) is 30.2 Å². The van der Waals surface area contributed by atoms with E-state index in [9.17, 15) is 18.0 Å². The van der Waals surface area contributed by atoms with E-state index in [2.05, 4.69) is 9.72 Å². The van der Waals surface area contributed by atoms with Crippen molar-refractivity contribution in [1.82, 2.24) is 4.98 Å². The summed E-state index contributed by atoms with van der Waals surface area (Å²) in [6.45, 7) is -1.95. The van der Waals surface area contributed by atoms with Gasteiger partial charge < -0.3 is 4.74 Å². The molecule has 0 fully saturated rings. The highest BCUT2D eigenvalue weighted by Crippen LogP contribution is 2.17. The van der Waals surface area contributed by atoms with Crippen molar-refractivity contribution in [2.45, 2.75) is 12.6 Å². The third kappa shape index (κ3) is 4.03. The molecule has 6 heteroatoms. The fraction of sp³-hybridized carbons (Fsp3) is 0.286. The summed E-state index contributed by atoms with van der Waals surface area (Å²) in [7, 11) is 0. The molecule has 2 rings (SSSR count). The van der Waals surface area contributed by atoms with Gasteiger partial charge in [0.15, 0.2) is 5.78 Å². The second kappa shape index (κ2) is 6.00. The molecule has 1 heterocycles. The number of carbonyl (C=O) groups excluding carboxylic acids is 1. The lowest BCUT2D eigenvalue weighted by Gasteiger charge is -2.08. The molecule has 0 saturated carbocycles. The van der Waals surface area contributed by atoms with Gasteiger partial charge in [-0.1, -0.05) is 18.2 Å². The Kier molecular flexibility index (Phi) is 4.34. The maximum absolute atomic E-state index is 11.9. The zero-order valence-corrected chi connectivity index (χ0v) is 10.5. The van der Waals surface area contributed by atoms with Crippen LogP contribution in [0.2, 0.25) is 0 Å². The van der Waals surface area contributed by atoms with Crippen LogP contribution in [0, 0.1) is 0 Å². The van der Waals surface area contributed by atoms with Crippen molar-refractivity contribution in [3.05, 3.63) is 42.1 Å². The molecular formula is C14H12F3NO2. The summed E-state index contributed by atoms with van der Waals surface area (Å²) in [6.07, 6.45) is -2.81. The van der Waals surface area contributed by atoms with Gasteiger partial charge in [-0.3, -0.25) is 9.78 Å². The Balaban J connectivity index is 2.00. The van der Waals surface area contributed by atoms with E-state index in [1.165, 1.54) is 0 Å². The molecule has 0 bridgehead atoms. The first-order valence-corrected chi connectivity index (χ1v) is 5.94. The lowest BCUT2D eigenvalue weighted by molar-refractivity contribution is -0.175. The van der Waals surface area contributed by atoms with Gasteiger partial charge in [-0.05, 0) is 17.7 Å². The van der Waals surface area contributed by atoms with E-state index >= 15 is 0 Å². The second-order valence-corrected chi connectivity index (χ2v) is 4.31. The molecule has 3 nitrogen and oxygen atoms in total. The molecule has 0 radical (unpaired) electrons. The summed E-state index contributed by atoms with van der Waals surface area (Å²) < 4.78 is 40.0. The van der Waals surface area contributed by atoms with E-state index in [0.29, 0.717) is 0 Å². The van der Waals surface area contributed by atoms with Crippen LogP contribution < -0.4 is 0 Å². The number of benzene rings is 1. The molecule has 1 aromatic heterocycles. The lowest BCUT2D eigenvalue weighted by atomic mass is 10.0. The van der Waals surface area contributed by atoms with Crippen molar-refractivity contribution in [2.75, 3.05) is 13.2 Å². The number of hydrogen-bond donors (Lipinski definition) is 0. The van der Waals surface area contributed by atoms with Crippen molar-refractivity contribution in [2.24, 2.45) is 0 Å². The highest BCUT2D eigenvalue weighted by atomic mass is 19.4. The topological polar surface area (TPSA) is 39.2 Å². The van der Waals surface area contributed by atoms with Gasteiger partial charge in [0.1, 0.15) is 13.2 Å². The quantitative estimate of drug-likeness (QED) is 0.847. The van der Waals surface area contributed by atoms with E-state index < -0.39 is 25.2 Å². The van der Waals surface area contributed by atoms with E-state index in [1.807, 2.05) is 24.3 Å². The summed E-state index contributed by atoms with van der Waals surface area (Å²) >= 11 is 0. The number of aromatic nitrogens is 1. The Morgan fingerprint density at radius 3 is 2.70 bits per heavy atom. The second-order valence-electron chi connectivity index (χ2n) is 4.31. The van der Waals surface area contributed by atoms with Crippen LogP contribution >= 0.6 is 0 Å². The Hall–Kier alpha value is -1.95. The van der Waals surface area contributed by atoms with Crippen molar-refractivity contribution >= 4 is 16.7 Å². The summed E-state index contributed by atoms with van der Waals surface area (Å²) in [5.41, 5.74) is 1.48. The first kappa shape index (κ1) is 14.5. The third-order valence-corrected chi connectivity index (χ3v) is 2.66. The molecule has 20 heavy (non-hydrogen) atoms. The average molecular weight is 283 g/mol. The Bertz CT molecular complexity index is 605. The number of fused-ring (bicyclic) bond motifs is 1. The van der Waals surface area contributed by atoms with E-state index in [4.69, 9.17) is 0 Å². The molecule has 0 N–H and O–H groups in total. The maximum Gasteiger partial charge on any atom is 0.411 e. The van der Waals surface area contributed by atoms with Crippen LogP contribution in [0.3, 0.4) is 0 Å². The molecule has 2 aromatic rings. The number of nitrogens with zero attached hydrogens (tertiary/aromatic N) is 1. The van der Waals surface area contributed by atoms with Gasteiger partial charge >= 0.3 is 6.18 Å². The lowest BCUT2D eigenvalue weighted by Crippen LogP contribution is -2.21. The number of Topliss-reactive ketones (excluding diaryl/α,β-unsaturated/α-hetero) is 1. The SMILES string of the molecule is O=C(COCC(F)(F)F)Cc1ccnc2ccccc12. The number of rotatable bonds is 5. The van der Waals surface area contributed by atoms with Crippen molar-refractivity contribution in [3.8, 4) is 0 Å². The molecular weight excluding hydrogens is 271 g/mol. The molecule has 1 aromatic carbocycles. The molecule has 0 unspecified atom stereocenters. The van der Waals surface area contributed by atoms with Gasteiger partial charge in [-0.15, -0.1) is 0 Å². The van der Waals surface area contributed by atoms with Crippen molar-refractivity contribution in [1.29, 1.82) is 0 Å². The van der Waals surface area contributed by atoms with Crippen molar-refractivity contribution < 1.29 is 22.7 Å². The Morgan fingerprint density at radius 2 is 1.95 bits per heavy atom. The van der Waals surface area contributed by atoms with E-state index in [-0.39, 0.29) is 6.42 Å². The summed E-state index contributed by atoms with van der Waals surface area (Å²) in [5.74, 6) is -0.398. The minimum Gasteiger partial charge on any atom is -0.364 e. The minimum atomic E-state index is -4.41. The van der Waals surface area contributed by atoms with Crippen LogP contribution in [0.15, 0.2) is 36.5 Å². The highest BCUT2D eigenvalue weighted by Gasteiger charge is 2.27. The van der Waals surface area contributed by atoms with Crippen LogP contribution in [0.1, 0.15) is 5.56 Å². The van der Waals surface area contributed by atoms with Gasteiger partial charge in [0, 0.05) is 18.0 Å². The van der Waals surface area contributed by atoms with Crippen LogP contribution in [0.25, 0.3) is 10.9 Å². The predicted octanol–water partition coefficient (Wildman–Crippen LogP) is 2.93. The van der Waals surface area contributed by atoms with Gasteiger partial charge in [0.2, 0.25) is 0 Å². The molecule has 0 aliphatic heterocycles. The van der Waals surface area contributed by atoms with Crippen molar-refractivity contribution in [3.63, 3.8) is 0 Å². The number of halogens is 3. The molecule has 0 aliphatic rings. The largest absolute Gasteiger partial charge is 0.411 e. The monoisotopic (exact) mass is 283 g/mol. The minimum absolute atomic E-state index is 0.0287. The Morgan fingerprint density at radius 1 is 1.20 bits per heavy atom. The van der Waals surface area contributed by atoms with Crippen LogP contribution in [-0.2, 0) is 16.0 Å². The average Bonchev–Trinajstić information content (AvgIpc) is 2.37. The molecule has 0 amide bonds. The Labute approximate surface area is 113 Å². The van der Waals surface area contributed by atoms with Gasteiger partial charge in [-0.2, -0.15) is 13.2 Å². The highest BCUT2D eigenvalue weighted by molar-refractivity contribution is 5.89. The van der Waals surface area contributed by atoms with E-state index in [0.717, 1.165) is 16.5 Å². The number of alkyl halides is 3. The summed E-state index contributed by atoms with van der Waals surface area (Å²) in [5, 5.41) is 0.819. The molecule has 0 spiro atoms. The van der Waals surface area contributed by atoms with E-state index in [1.54, 1.807) is 12.3 Å². The number of pyridine rings is 1. The zero-order valence-electron chi connectivity index (χ0n) is 10.5. The smallest absolute Gasteiger partial charge is 0.364 e. The predicted molar refractivity (Wildman–Crippen MR) is 67.3 cm³/mol. The zero-order chi connectivity index (χ0) is 14.6. The first-order chi connectivity index (χ1) is 9.46. The standard InChI is InChI=1S/C14H12F3NO2/c15-14(16,17)9-20-8-11(19)7-10-5-6-18-13-4-2-1-3-12(10)13/h1-6H,7-9H2. The summed E-state index contributed by atoms with van der Waals surface area (Å²) in [6, 6.07) is 8.96. The number of carbonyl (C=O) groups is 1. The fourth-order valence-electron chi connectivity index (χ4n) is 1.85. The maximum atomic E-state index is 11.9. The normalized spacial score (nSPS) is 11.8. The molecule has 0 atom stereocenters.